The maximum Gasteiger partial charge on any atom is 0.243 e. The Hall–Kier alpha value is -1.18. The van der Waals surface area contributed by atoms with E-state index in [4.69, 9.17) is 5.84 Å². The first-order valence-electron chi connectivity index (χ1n) is 4.99. The zero-order chi connectivity index (χ0) is 12.2. The van der Waals surface area contributed by atoms with Crippen LogP contribution in [0.1, 0.15) is 13.8 Å². The molecule has 0 saturated heterocycles. The maximum absolute atomic E-state index is 12.1. The molecule has 0 aliphatic rings. The van der Waals surface area contributed by atoms with Gasteiger partial charge < -0.3 is 5.43 Å². The van der Waals surface area contributed by atoms with Gasteiger partial charge in [0.25, 0.3) is 0 Å². The molecule has 0 saturated carbocycles. The van der Waals surface area contributed by atoms with Crippen molar-refractivity contribution >= 4 is 15.8 Å². The fourth-order valence-corrected chi connectivity index (χ4v) is 2.83. The van der Waals surface area contributed by atoms with Crippen molar-refractivity contribution in [2.75, 3.05) is 18.5 Å². The third-order valence-electron chi connectivity index (χ3n) is 2.22. The van der Waals surface area contributed by atoms with Crippen molar-refractivity contribution in [1.29, 1.82) is 0 Å². The van der Waals surface area contributed by atoms with Crippen LogP contribution in [-0.4, -0.2) is 30.8 Å². The highest BCUT2D eigenvalue weighted by molar-refractivity contribution is 7.89. The lowest BCUT2D eigenvalue weighted by Crippen LogP contribution is -2.30. The highest BCUT2D eigenvalue weighted by atomic mass is 32.2. The molecule has 0 aliphatic heterocycles. The van der Waals surface area contributed by atoms with Gasteiger partial charge in [-0.1, -0.05) is 13.8 Å². The van der Waals surface area contributed by atoms with Crippen molar-refractivity contribution in [2.24, 2.45) is 5.84 Å². The number of aromatic nitrogens is 1. The lowest BCUT2D eigenvalue weighted by Gasteiger charge is -2.18. The van der Waals surface area contributed by atoms with Crippen LogP contribution in [0.25, 0.3) is 0 Å². The molecule has 0 radical (unpaired) electrons. The number of anilines is 1. The molecular weight excluding hydrogens is 228 g/mol. The molecule has 1 rings (SSSR count). The number of sulfonamides is 1. The molecule has 0 amide bonds. The zero-order valence-corrected chi connectivity index (χ0v) is 10.2. The van der Waals surface area contributed by atoms with Gasteiger partial charge in [0, 0.05) is 25.4 Å². The van der Waals surface area contributed by atoms with E-state index in [1.807, 2.05) is 0 Å². The first-order chi connectivity index (χ1) is 7.56. The molecule has 0 spiro atoms. The Kier molecular flexibility index (Phi) is 4.22. The van der Waals surface area contributed by atoms with E-state index in [1.54, 1.807) is 13.8 Å². The fourth-order valence-electron chi connectivity index (χ4n) is 1.36. The molecule has 6 nitrogen and oxygen atoms in total. The first-order valence-corrected chi connectivity index (χ1v) is 6.43. The summed E-state index contributed by atoms with van der Waals surface area (Å²) in [7, 11) is -3.44. The number of nitrogens with two attached hydrogens (primary N) is 1. The first kappa shape index (κ1) is 12.9. The molecule has 0 bridgehead atoms. The topological polar surface area (TPSA) is 88.3 Å². The van der Waals surface area contributed by atoms with Crippen molar-refractivity contribution in [3.05, 3.63) is 18.3 Å². The van der Waals surface area contributed by atoms with Crippen LogP contribution in [0.4, 0.5) is 5.82 Å². The Labute approximate surface area is 95.5 Å². The van der Waals surface area contributed by atoms with Gasteiger partial charge in [-0.15, -0.1) is 0 Å². The molecule has 7 heteroatoms. The van der Waals surface area contributed by atoms with E-state index in [-0.39, 0.29) is 4.90 Å². The highest BCUT2D eigenvalue weighted by Crippen LogP contribution is 2.16. The van der Waals surface area contributed by atoms with Crippen LogP contribution in [0.15, 0.2) is 23.2 Å². The van der Waals surface area contributed by atoms with Crippen molar-refractivity contribution in [3.8, 4) is 0 Å². The summed E-state index contributed by atoms with van der Waals surface area (Å²) in [5.41, 5.74) is 2.32. The Morgan fingerprint density at radius 2 is 2.06 bits per heavy atom. The van der Waals surface area contributed by atoms with E-state index in [0.29, 0.717) is 18.9 Å². The molecule has 90 valence electrons. The van der Waals surface area contributed by atoms with Crippen LogP contribution in [-0.2, 0) is 10.0 Å². The molecule has 1 heterocycles. The summed E-state index contributed by atoms with van der Waals surface area (Å²) in [4.78, 5) is 4.06. The fraction of sp³-hybridized carbons (Fsp3) is 0.444. The summed E-state index contributed by atoms with van der Waals surface area (Å²) in [5.74, 6) is 5.51. The number of hydrazine groups is 1. The predicted octanol–water partition coefficient (Wildman–Crippen LogP) is 0.398. The van der Waals surface area contributed by atoms with Crippen LogP contribution in [0.5, 0.6) is 0 Å². The number of hydrogen-bond donors (Lipinski definition) is 2. The minimum absolute atomic E-state index is 0.194. The number of rotatable bonds is 5. The van der Waals surface area contributed by atoms with E-state index < -0.39 is 10.0 Å². The highest BCUT2D eigenvalue weighted by Gasteiger charge is 2.21. The number of nitrogens with one attached hydrogen (secondary N) is 1. The van der Waals surface area contributed by atoms with Gasteiger partial charge in [0.1, 0.15) is 5.82 Å². The predicted molar refractivity (Wildman–Crippen MR) is 62.2 cm³/mol. The quantitative estimate of drug-likeness (QED) is 0.578. The maximum atomic E-state index is 12.1. The molecule has 0 aliphatic carbocycles. The average Bonchev–Trinajstić information content (AvgIpc) is 2.30. The van der Waals surface area contributed by atoms with Crippen molar-refractivity contribution in [1.82, 2.24) is 9.29 Å². The SMILES string of the molecule is CCN(CC)S(=O)(=O)c1ccnc(NN)c1. The molecule has 1 aromatic rings. The normalized spacial score (nSPS) is 11.8. The molecule has 0 fully saturated rings. The number of nitrogens with zero attached hydrogens (tertiary/aromatic N) is 2. The van der Waals surface area contributed by atoms with Gasteiger partial charge in [0.15, 0.2) is 0 Å². The summed E-state index contributed by atoms with van der Waals surface area (Å²) in [6.45, 7) is 4.47. The van der Waals surface area contributed by atoms with E-state index in [9.17, 15) is 8.42 Å². The van der Waals surface area contributed by atoms with Crippen LogP contribution < -0.4 is 11.3 Å². The summed E-state index contributed by atoms with van der Waals surface area (Å²) in [5, 5.41) is 0. The van der Waals surface area contributed by atoms with Gasteiger partial charge in [-0.05, 0) is 6.07 Å². The van der Waals surface area contributed by atoms with Crippen molar-refractivity contribution in [2.45, 2.75) is 18.7 Å². The summed E-state index contributed by atoms with van der Waals surface area (Å²) in [6.07, 6.45) is 1.41. The molecule has 1 aromatic heterocycles. The second-order valence-corrected chi connectivity index (χ2v) is 5.05. The standard InChI is InChI=1S/C9H16N4O2S/c1-3-13(4-2)16(14,15)8-5-6-11-9(7-8)12-10/h5-7H,3-4,10H2,1-2H3,(H,11,12). The lowest BCUT2D eigenvalue weighted by molar-refractivity contribution is 0.445. The third kappa shape index (κ3) is 2.49. The summed E-state index contributed by atoms with van der Waals surface area (Å²) < 4.78 is 25.6. The van der Waals surface area contributed by atoms with Crippen molar-refractivity contribution < 1.29 is 8.42 Å². The smallest absolute Gasteiger partial charge is 0.243 e. The molecular formula is C9H16N4O2S. The molecule has 0 atom stereocenters. The van der Waals surface area contributed by atoms with E-state index in [2.05, 4.69) is 10.4 Å². The van der Waals surface area contributed by atoms with Gasteiger partial charge in [-0.25, -0.2) is 19.2 Å². The molecule has 16 heavy (non-hydrogen) atoms. The molecule has 3 N–H and O–H groups in total. The molecule has 0 aromatic carbocycles. The van der Waals surface area contributed by atoms with E-state index >= 15 is 0 Å². The van der Waals surface area contributed by atoms with Gasteiger partial charge in [-0.2, -0.15) is 4.31 Å². The van der Waals surface area contributed by atoms with E-state index in [1.165, 1.54) is 22.6 Å². The number of nitrogen functional groups attached to an aromatic ring is 1. The summed E-state index contributed by atoms with van der Waals surface area (Å²) >= 11 is 0. The van der Waals surface area contributed by atoms with Crippen molar-refractivity contribution in [3.63, 3.8) is 0 Å². The van der Waals surface area contributed by atoms with Gasteiger partial charge in [0.05, 0.1) is 4.90 Å². The average molecular weight is 244 g/mol. The Morgan fingerprint density at radius 1 is 1.44 bits per heavy atom. The number of hydrogen-bond acceptors (Lipinski definition) is 5. The van der Waals surface area contributed by atoms with E-state index in [0.717, 1.165) is 0 Å². The largest absolute Gasteiger partial charge is 0.308 e. The second-order valence-electron chi connectivity index (χ2n) is 3.11. The van der Waals surface area contributed by atoms with Crippen LogP contribution in [0, 0.1) is 0 Å². The Bertz CT molecular complexity index is 443. The Balaban J connectivity index is 3.16. The van der Waals surface area contributed by atoms with Crippen LogP contribution in [0.3, 0.4) is 0 Å². The van der Waals surface area contributed by atoms with Crippen LogP contribution >= 0.6 is 0 Å². The van der Waals surface area contributed by atoms with Gasteiger partial charge >= 0.3 is 0 Å². The van der Waals surface area contributed by atoms with Gasteiger partial charge in [0.2, 0.25) is 10.0 Å². The molecule has 0 unspecified atom stereocenters. The summed E-state index contributed by atoms with van der Waals surface area (Å²) in [6, 6.07) is 2.86. The second kappa shape index (κ2) is 5.24. The van der Waals surface area contributed by atoms with Gasteiger partial charge in [-0.3, -0.25) is 0 Å². The zero-order valence-electron chi connectivity index (χ0n) is 9.34. The minimum atomic E-state index is -3.44. The monoisotopic (exact) mass is 244 g/mol. The minimum Gasteiger partial charge on any atom is -0.308 e. The lowest BCUT2D eigenvalue weighted by atomic mass is 10.5. The Morgan fingerprint density at radius 3 is 2.56 bits per heavy atom. The number of pyridine rings is 1. The van der Waals surface area contributed by atoms with Crippen LogP contribution in [0.2, 0.25) is 0 Å². The third-order valence-corrected chi connectivity index (χ3v) is 4.27.